The van der Waals surface area contributed by atoms with Crippen LogP contribution in [0.5, 0.6) is 0 Å². The zero-order chi connectivity index (χ0) is 26.9. The number of nitrogens with zero attached hydrogens (tertiary/aromatic N) is 5. The van der Waals surface area contributed by atoms with E-state index in [-0.39, 0.29) is 46.6 Å². The van der Waals surface area contributed by atoms with Gasteiger partial charge in [-0.15, -0.1) is 0 Å². The van der Waals surface area contributed by atoms with Gasteiger partial charge in [0.1, 0.15) is 22.4 Å². The average molecular weight is 524 g/mol. The number of halogens is 6. The second-order valence-electron chi connectivity index (χ2n) is 9.11. The number of nitrogens with two attached hydrogens (primary N) is 1. The van der Waals surface area contributed by atoms with E-state index in [1.165, 1.54) is 10.7 Å². The minimum atomic E-state index is -4.68. The highest BCUT2D eigenvalue weighted by molar-refractivity contribution is 6.07. The first-order chi connectivity index (χ1) is 17.2. The monoisotopic (exact) mass is 524 g/mol. The van der Waals surface area contributed by atoms with E-state index in [2.05, 4.69) is 21.6 Å². The maximum Gasteiger partial charge on any atom is 0.433 e. The molecule has 0 radical (unpaired) electrons. The fraction of sp³-hybridized carbons (Fsp3) is 0.348. The molecule has 1 saturated heterocycles. The number of hydrogen-bond acceptors (Lipinski definition) is 5. The Kier molecular flexibility index (Phi) is 5.53. The van der Waals surface area contributed by atoms with Gasteiger partial charge in [-0.05, 0) is 18.2 Å². The summed E-state index contributed by atoms with van der Waals surface area (Å²) in [5.41, 5.74) is 4.91. The number of aromatic nitrogens is 4. The van der Waals surface area contributed by atoms with Crippen molar-refractivity contribution in [1.82, 2.24) is 24.6 Å². The van der Waals surface area contributed by atoms with Crippen molar-refractivity contribution in [2.45, 2.75) is 36.9 Å². The SMILES string of the molecule is C=C(F)C(=O)N1CC(n2nc(-c3ccc(C(F)(F)F)nc3)c3nc(C4CC(F)(F)C4)cc(C(N)=O)c32)C1. The quantitative estimate of drug-likeness (QED) is 0.401. The van der Waals surface area contributed by atoms with Gasteiger partial charge < -0.3 is 10.6 Å². The van der Waals surface area contributed by atoms with E-state index >= 15 is 0 Å². The number of carbonyl (C=O) groups is 2. The fourth-order valence-corrected chi connectivity index (χ4v) is 4.54. The molecule has 0 aromatic carbocycles. The molecule has 2 aliphatic rings. The summed E-state index contributed by atoms with van der Waals surface area (Å²) in [5, 5.41) is 4.45. The maximum absolute atomic E-state index is 13.5. The molecule has 1 aliphatic carbocycles. The van der Waals surface area contributed by atoms with Gasteiger partial charge in [0.15, 0.2) is 5.83 Å². The summed E-state index contributed by atoms with van der Waals surface area (Å²) in [6.07, 6.45) is -4.71. The highest BCUT2D eigenvalue weighted by Gasteiger charge is 2.47. The number of pyridine rings is 2. The normalized spacial score (nSPS) is 17.9. The van der Waals surface area contributed by atoms with E-state index in [0.29, 0.717) is 0 Å². The summed E-state index contributed by atoms with van der Waals surface area (Å²) < 4.78 is 80.7. The van der Waals surface area contributed by atoms with Gasteiger partial charge in [-0.25, -0.2) is 18.2 Å². The van der Waals surface area contributed by atoms with Crippen molar-refractivity contribution >= 4 is 22.8 Å². The van der Waals surface area contributed by atoms with Gasteiger partial charge in [-0.1, -0.05) is 6.58 Å². The van der Waals surface area contributed by atoms with Crippen LogP contribution in [-0.2, 0) is 11.0 Å². The molecule has 0 atom stereocenters. The van der Waals surface area contributed by atoms with E-state index in [9.17, 15) is 35.9 Å². The molecule has 4 heterocycles. The number of likely N-dealkylation sites (tertiary alicyclic amines) is 1. The van der Waals surface area contributed by atoms with E-state index in [4.69, 9.17) is 5.73 Å². The Morgan fingerprint density at radius 1 is 1.16 bits per heavy atom. The third-order valence-electron chi connectivity index (χ3n) is 6.50. The molecule has 2 fully saturated rings. The number of carbonyl (C=O) groups excluding carboxylic acids is 2. The molecular weight excluding hydrogens is 506 g/mol. The minimum absolute atomic E-state index is 0.00193. The van der Waals surface area contributed by atoms with Crippen molar-refractivity contribution in [3.05, 3.63) is 53.8 Å². The Hall–Kier alpha value is -3.97. The smallest absolute Gasteiger partial charge is 0.366 e. The predicted octanol–water partition coefficient (Wildman–Crippen LogP) is 3.99. The highest BCUT2D eigenvalue weighted by atomic mass is 19.4. The molecule has 1 saturated carbocycles. The van der Waals surface area contributed by atoms with E-state index < -0.39 is 60.2 Å². The van der Waals surface area contributed by atoms with Crippen molar-refractivity contribution in [2.75, 3.05) is 13.1 Å². The van der Waals surface area contributed by atoms with Crippen LogP contribution in [0, 0.1) is 0 Å². The van der Waals surface area contributed by atoms with Crippen LogP contribution in [0.1, 0.15) is 46.5 Å². The summed E-state index contributed by atoms with van der Waals surface area (Å²) >= 11 is 0. The predicted molar refractivity (Wildman–Crippen MR) is 117 cm³/mol. The van der Waals surface area contributed by atoms with Crippen molar-refractivity contribution in [2.24, 2.45) is 5.73 Å². The number of alkyl halides is 5. The number of hydrogen-bond donors (Lipinski definition) is 1. The lowest BCUT2D eigenvalue weighted by Gasteiger charge is -2.39. The second-order valence-corrected chi connectivity index (χ2v) is 9.11. The van der Waals surface area contributed by atoms with E-state index in [1.54, 1.807) is 0 Å². The van der Waals surface area contributed by atoms with Crippen LogP contribution in [0.3, 0.4) is 0 Å². The van der Waals surface area contributed by atoms with Gasteiger partial charge in [0, 0.05) is 49.3 Å². The highest BCUT2D eigenvalue weighted by Crippen LogP contribution is 2.48. The minimum Gasteiger partial charge on any atom is -0.366 e. The Labute approximate surface area is 204 Å². The van der Waals surface area contributed by atoms with Crippen LogP contribution in [0.4, 0.5) is 26.3 Å². The third kappa shape index (κ3) is 4.29. The first-order valence-electron chi connectivity index (χ1n) is 11.0. The van der Waals surface area contributed by atoms with Gasteiger partial charge in [-0.2, -0.15) is 18.3 Å². The average Bonchev–Trinajstić information content (AvgIpc) is 3.14. The standard InChI is InChI=1S/C23H18F6N6O2/c1-10(24)21(37)34-8-13(9-34)35-19-14(20(30)36)4-15(12-5-22(25,26)6-12)32-18(19)17(33-35)11-2-3-16(31-7-11)23(27,28)29/h2-4,7,12-13H,1,5-6,8-9H2,(H2,30,36). The van der Waals surface area contributed by atoms with Gasteiger partial charge >= 0.3 is 6.18 Å². The molecule has 37 heavy (non-hydrogen) atoms. The van der Waals surface area contributed by atoms with Gasteiger partial charge in [0.25, 0.3) is 11.8 Å². The van der Waals surface area contributed by atoms with Crippen molar-refractivity contribution in [3.8, 4) is 11.3 Å². The molecule has 0 spiro atoms. The van der Waals surface area contributed by atoms with E-state index in [1.807, 2.05) is 0 Å². The Morgan fingerprint density at radius 2 is 1.84 bits per heavy atom. The fourth-order valence-electron chi connectivity index (χ4n) is 4.54. The van der Waals surface area contributed by atoms with Crippen molar-refractivity contribution in [3.63, 3.8) is 0 Å². The van der Waals surface area contributed by atoms with Crippen molar-refractivity contribution < 1.29 is 35.9 Å². The molecule has 0 bridgehead atoms. The molecule has 3 aromatic heterocycles. The lowest BCUT2D eigenvalue weighted by atomic mass is 9.78. The maximum atomic E-state index is 13.5. The largest absolute Gasteiger partial charge is 0.433 e. The molecule has 1 aliphatic heterocycles. The van der Waals surface area contributed by atoms with Crippen LogP contribution in [-0.4, -0.2) is 55.5 Å². The lowest BCUT2D eigenvalue weighted by Crippen LogP contribution is -2.51. The van der Waals surface area contributed by atoms with Crippen LogP contribution >= 0.6 is 0 Å². The van der Waals surface area contributed by atoms with Crippen LogP contribution in [0.15, 0.2) is 36.8 Å². The summed E-state index contributed by atoms with van der Waals surface area (Å²) in [5.74, 6) is -6.50. The molecule has 0 unspecified atom stereocenters. The zero-order valence-corrected chi connectivity index (χ0v) is 18.9. The summed E-state index contributed by atoms with van der Waals surface area (Å²) in [4.78, 5) is 33.3. The van der Waals surface area contributed by atoms with Gasteiger partial charge in [-0.3, -0.25) is 19.3 Å². The topological polar surface area (TPSA) is 107 Å². The number of primary amides is 1. The molecule has 5 rings (SSSR count). The summed E-state index contributed by atoms with van der Waals surface area (Å²) in [6.45, 7) is 2.97. The first kappa shape index (κ1) is 24.7. The number of amides is 2. The molecule has 2 amide bonds. The molecule has 194 valence electrons. The molecule has 3 aromatic rings. The van der Waals surface area contributed by atoms with E-state index in [0.717, 1.165) is 23.2 Å². The van der Waals surface area contributed by atoms with Crippen LogP contribution in [0.2, 0.25) is 0 Å². The third-order valence-corrected chi connectivity index (χ3v) is 6.50. The Morgan fingerprint density at radius 3 is 2.35 bits per heavy atom. The molecule has 2 N–H and O–H groups in total. The Balaban J connectivity index is 1.64. The second kappa shape index (κ2) is 8.28. The first-order valence-corrected chi connectivity index (χ1v) is 11.0. The Bertz CT molecular complexity index is 1430. The van der Waals surface area contributed by atoms with Crippen LogP contribution in [0.25, 0.3) is 22.3 Å². The number of rotatable bonds is 5. The van der Waals surface area contributed by atoms with Crippen molar-refractivity contribution in [1.29, 1.82) is 0 Å². The van der Waals surface area contributed by atoms with Gasteiger partial charge in [0.2, 0.25) is 5.92 Å². The number of fused-ring (bicyclic) bond motifs is 1. The zero-order valence-electron chi connectivity index (χ0n) is 18.9. The molecule has 8 nitrogen and oxygen atoms in total. The van der Waals surface area contributed by atoms with Crippen LogP contribution < -0.4 is 5.73 Å². The summed E-state index contributed by atoms with van der Waals surface area (Å²) in [6, 6.07) is 2.63. The molecular formula is C23H18F6N6O2. The van der Waals surface area contributed by atoms with Gasteiger partial charge in [0.05, 0.1) is 11.6 Å². The summed E-state index contributed by atoms with van der Waals surface area (Å²) in [7, 11) is 0. The molecule has 14 heteroatoms. The lowest BCUT2D eigenvalue weighted by molar-refractivity contribution is -0.141.